The average Bonchev–Trinajstić information content (AvgIpc) is 3.03. The Kier molecular flexibility index (Phi) is 5.30. The topological polar surface area (TPSA) is 114 Å². The molecule has 33 heavy (non-hydrogen) atoms. The summed E-state index contributed by atoms with van der Waals surface area (Å²) in [7, 11) is 0. The molecule has 0 saturated heterocycles. The van der Waals surface area contributed by atoms with Crippen LogP contribution in [0.5, 0.6) is 5.75 Å². The van der Waals surface area contributed by atoms with E-state index >= 15 is 0 Å². The first-order valence-corrected chi connectivity index (χ1v) is 11.6. The van der Waals surface area contributed by atoms with Crippen molar-refractivity contribution < 1.29 is 4.74 Å². The molecule has 5 rings (SSSR count). The third-order valence-electron chi connectivity index (χ3n) is 5.73. The first kappa shape index (κ1) is 21.1. The highest BCUT2D eigenvalue weighted by molar-refractivity contribution is 7.21. The molecule has 0 unspecified atom stereocenters. The van der Waals surface area contributed by atoms with Gasteiger partial charge in [0, 0.05) is 35.1 Å². The van der Waals surface area contributed by atoms with Gasteiger partial charge in [0.25, 0.3) is 0 Å². The van der Waals surface area contributed by atoms with E-state index in [1.54, 1.807) is 0 Å². The quantitative estimate of drug-likeness (QED) is 0.480. The highest BCUT2D eigenvalue weighted by Gasteiger charge is 2.23. The SMILES string of the molecule is Cc1nc(C#N)nc(N2CCOc3ccc(-c4cnc5sc(N)nc5c4)cc3C2)c1C(C)C. The number of pyridine rings is 1. The van der Waals surface area contributed by atoms with E-state index in [1.165, 1.54) is 11.3 Å². The zero-order valence-electron chi connectivity index (χ0n) is 18.7. The molecular weight excluding hydrogens is 434 g/mol. The van der Waals surface area contributed by atoms with Crippen LogP contribution in [-0.2, 0) is 6.54 Å². The minimum Gasteiger partial charge on any atom is -0.491 e. The molecule has 8 nitrogen and oxygen atoms in total. The predicted octanol–water partition coefficient (Wildman–Crippen LogP) is 4.43. The number of hydrogen-bond donors (Lipinski definition) is 1. The number of nitrogen functional groups attached to an aromatic ring is 1. The largest absolute Gasteiger partial charge is 0.491 e. The number of thiazole rings is 1. The van der Waals surface area contributed by atoms with Crippen molar-refractivity contribution in [3.63, 3.8) is 0 Å². The van der Waals surface area contributed by atoms with E-state index in [2.05, 4.69) is 50.8 Å². The van der Waals surface area contributed by atoms with Crippen LogP contribution in [0.15, 0.2) is 30.5 Å². The van der Waals surface area contributed by atoms with E-state index in [9.17, 15) is 5.26 Å². The lowest BCUT2D eigenvalue weighted by Gasteiger charge is -2.26. The molecule has 166 valence electrons. The van der Waals surface area contributed by atoms with Crippen molar-refractivity contribution in [1.82, 2.24) is 19.9 Å². The smallest absolute Gasteiger partial charge is 0.234 e. The maximum absolute atomic E-state index is 9.43. The van der Waals surface area contributed by atoms with Crippen LogP contribution in [0.4, 0.5) is 10.9 Å². The number of ether oxygens (including phenoxy) is 1. The third kappa shape index (κ3) is 3.94. The summed E-state index contributed by atoms with van der Waals surface area (Å²) in [4.78, 5) is 20.9. The van der Waals surface area contributed by atoms with E-state index in [1.807, 2.05) is 31.3 Å². The molecule has 0 radical (unpaired) electrons. The number of anilines is 2. The number of nitriles is 1. The van der Waals surface area contributed by atoms with E-state index in [0.717, 1.165) is 49.9 Å². The zero-order valence-corrected chi connectivity index (χ0v) is 19.5. The predicted molar refractivity (Wildman–Crippen MR) is 129 cm³/mol. The van der Waals surface area contributed by atoms with Crippen LogP contribution in [-0.4, -0.2) is 33.1 Å². The number of aryl methyl sites for hydroxylation is 1. The van der Waals surface area contributed by atoms with Crippen molar-refractivity contribution in [3.05, 3.63) is 53.1 Å². The lowest BCUT2D eigenvalue weighted by molar-refractivity contribution is 0.331. The molecule has 0 fully saturated rings. The fraction of sp³-hybridized carbons (Fsp3) is 0.292. The second-order valence-electron chi connectivity index (χ2n) is 8.33. The Bertz CT molecular complexity index is 1410. The number of aromatic nitrogens is 4. The molecule has 0 saturated carbocycles. The highest BCUT2D eigenvalue weighted by atomic mass is 32.1. The molecule has 0 amide bonds. The number of benzene rings is 1. The molecule has 3 aromatic heterocycles. The second-order valence-corrected chi connectivity index (χ2v) is 9.34. The van der Waals surface area contributed by atoms with Gasteiger partial charge >= 0.3 is 0 Å². The molecule has 4 heterocycles. The van der Waals surface area contributed by atoms with Crippen molar-refractivity contribution in [2.45, 2.75) is 33.2 Å². The maximum atomic E-state index is 9.43. The third-order valence-corrected chi connectivity index (χ3v) is 6.54. The van der Waals surface area contributed by atoms with Crippen LogP contribution >= 0.6 is 11.3 Å². The second kappa shape index (κ2) is 8.30. The van der Waals surface area contributed by atoms with Gasteiger partial charge in [0.05, 0.1) is 6.54 Å². The number of fused-ring (bicyclic) bond motifs is 2. The monoisotopic (exact) mass is 457 g/mol. The Morgan fingerprint density at radius 1 is 1.18 bits per heavy atom. The van der Waals surface area contributed by atoms with Crippen LogP contribution < -0.4 is 15.4 Å². The van der Waals surface area contributed by atoms with Crippen molar-refractivity contribution >= 4 is 32.6 Å². The number of rotatable bonds is 3. The molecule has 0 bridgehead atoms. The molecule has 4 aromatic rings. The Hall–Kier alpha value is -3.77. The Balaban J connectivity index is 1.55. The van der Waals surface area contributed by atoms with Gasteiger partial charge in [-0.3, -0.25) is 0 Å². The first-order valence-electron chi connectivity index (χ1n) is 10.7. The molecular formula is C24H23N7OS. The van der Waals surface area contributed by atoms with Gasteiger partial charge in [0.2, 0.25) is 5.82 Å². The number of nitrogens with two attached hydrogens (primary N) is 1. The molecule has 1 aromatic carbocycles. The van der Waals surface area contributed by atoms with Crippen LogP contribution in [0.1, 0.15) is 42.4 Å². The fourth-order valence-electron chi connectivity index (χ4n) is 4.29. The Labute approximate surface area is 195 Å². The van der Waals surface area contributed by atoms with Crippen LogP contribution in [0.3, 0.4) is 0 Å². The standard InChI is InChI=1S/C24H23N7OS/c1-13(2)21-14(3)28-20(10-25)30-22(21)31-6-7-32-19-5-4-15(8-17(19)12-31)16-9-18-23(27-11-16)33-24(26)29-18/h4-5,8-9,11,13H,6-7,12H2,1-3H3,(H2,26,29). The van der Waals surface area contributed by atoms with Gasteiger partial charge < -0.3 is 15.4 Å². The minimum atomic E-state index is 0.188. The molecule has 1 aliphatic heterocycles. The van der Waals surface area contributed by atoms with Crippen LogP contribution in [0, 0.1) is 18.3 Å². The summed E-state index contributed by atoms with van der Waals surface area (Å²) in [5.41, 5.74) is 11.6. The Morgan fingerprint density at radius 3 is 2.82 bits per heavy atom. The van der Waals surface area contributed by atoms with Gasteiger partial charge in [-0.25, -0.2) is 19.9 Å². The summed E-state index contributed by atoms with van der Waals surface area (Å²) in [6.07, 6.45) is 1.85. The number of nitrogens with zero attached hydrogens (tertiary/aromatic N) is 6. The molecule has 1 aliphatic rings. The molecule has 0 atom stereocenters. The van der Waals surface area contributed by atoms with Crippen molar-refractivity contribution in [3.8, 4) is 22.9 Å². The molecule has 0 spiro atoms. The molecule has 9 heteroatoms. The lowest BCUT2D eigenvalue weighted by atomic mass is 10.0. The molecule has 2 N–H and O–H groups in total. The summed E-state index contributed by atoms with van der Waals surface area (Å²) in [6.45, 7) is 7.99. The van der Waals surface area contributed by atoms with Crippen molar-refractivity contribution in [2.75, 3.05) is 23.8 Å². The lowest BCUT2D eigenvalue weighted by Crippen LogP contribution is -2.28. The number of hydrogen-bond acceptors (Lipinski definition) is 9. The first-order chi connectivity index (χ1) is 15.9. The van der Waals surface area contributed by atoms with Gasteiger partial charge in [0.15, 0.2) is 5.13 Å². The highest BCUT2D eigenvalue weighted by Crippen LogP contribution is 2.34. The summed E-state index contributed by atoms with van der Waals surface area (Å²) in [5, 5.41) is 9.94. The summed E-state index contributed by atoms with van der Waals surface area (Å²) in [5.74, 6) is 2.07. The van der Waals surface area contributed by atoms with Gasteiger partial charge in [-0.1, -0.05) is 31.3 Å². The van der Waals surface area contributed by atoms with E-state index in [0.29, 0.717) is 24.8 Å². The summed E-state index contributed by atoms with van der Waals surface area (Å²) < 4.78 is 6.06. The molecule has 0 aliphatic carbocycles. The normalized spacial score (nSPS) is 13.5. The summed E-state index contributed by atoms with van der Waals surface area (Å²) >= 11 is 1.38. The van der Waals surface area contributed by atoms with Gasteiger partial charge in [-0.2, -0.15) is 5.26 Å². The fourth-order valence-corrected chi connectivity index (χ4v) is 4.94. The van der Waals surface area contributed by atoms with Crippen molar-refractivity contribution in [1.29, 1.82) is 5.26 Å². The minimum absolute atomic E-state index is 0.188. The zero-order chi connectivity index (χ0) is 23.1. The Morgan fingerprint density at radius 2 is 2.03 bits per heavy atom. The van der Waals surface area contributed by atoms with Gasteiger partial charge in [0.1, 0.15) is 34.6 Å². The van der Waals surface area contributed by atoms with E-state index < -0.39 is 0 Å². The van der Waals surface area contributed by atoms with Crippen LogP contribution in [0.25, 0.3) is 21.5 Å². The van der Waals surface area contributed by atoms with Gasteiger partial charge in [-0.05, 0) is 36.6 Å². The van der Waals surface area contributed by atoms with E-state index in [-0.39, 0.29) is 11.7 Å². The summed E-state index contributed by atoms with van der Waals surface area (Å²) in [6, 6.07) is 10.3. The maximum Gasteiger partial charge on any atom is 0.234 e. The van der Waals surface area contributed by atoms with Crippen LogP contribution in [0.2, 0.25) is 0 Å². The van der Waals surface area contributed by atoms with Crippen molar-refractivity contribution in [2.24, 2.45) is 0 Å². The van der Waals surface area contributed by atoms with Gasteiger partial charge in [-0.15, -0.1) is 0 Å². The van der Waals surface area contributed by atoms with E-state index in [4.69, 9.17) is 10.5 Å². The average molecular weight is 458 g/mol.